The van der Waals surface area contributed by atoms with Gasteiger partial charge in [-0.1, -0.05) is 0 Å². The fourth-order valence-corrected chi connectivity index (χ4v) is 3.24. The Kier molecular flexibility index (Phi) is 4.83. The molecule has 116 valence electrons. The average Bonchev–Trinajstić information content (AvgIpc) is 3.07. The standard InChI is InChI=1S/C15H21ClN2O3/c16-14-13(4-10-21-14)15(19)18-6-2-5-17(7-8-18)11-12-3-1-9-20-12/h4,10,12H,1-3,5-9,11H2. The van der Waals surface area contributed by atoms with Crippen molar-refractivity contribution < 1.29 is 13.9 Å². The first-order chi connectivity index (χ1) is 10.2. The minimum atomic E-state index is -0.0345. The number of halogens is 1. The van der Waals surface area contributed by atoms with Crippen LogP contribution in [0.15, 0.2) is 16.7 Å². The zero-order chi connectivity index (χ0) is 14.7. The number of ether oxygens (including phenoxy) is 1. The van der Waals surface area contributed by atoms with Crippen molar-refractivity contribution >= 4 is 17.5 Å². The monoisotopic (exact) mass is 312 g/mol. The van der Waals surface area contributed by atoms with Gasteiger partial charge in [0.25, 0.3) is 5.91 Å². The summed E-state index contributed by atoms with van der Waals surface area (Å²) in [5.41, 5.74) is 0.462. The van der Waals surface area contributed by atoms with Gasteiger partial charge >= 0.3 is 0 Å². The van der Waals surface area contributed by atoms with E-state index in [1.54, 1.807) is 6.07 Å². The van der Waals surface area contributed by atoms with Crippen molar-refractivity contribution in [3.8, 4) is 0 Å². The third-order valence-corrected chi connectivity index (χ3v) is 4.50. The maximum absolute atomic E-state index is 12.4. The number of hydrogen-bond donors (Lipinski definition) is 0. The largest absolute Gasteiger partial charge is 0.452 e. The molecule has 21 heavy (non-hydrogen) atoms. The summed E-state index contributed by atoms with van der Waals surface area (Å²) < 4.78 is 10.7. The highest BCUT2D eigenvalue weighted by atomic mass is 35.5. The molecule has 1 unspecified atom stereocenters. The Hall–Kier alpha value is -1.04. The second kappa shape index (κ2) is 6.81. The van der Waals surface area contributed by atoms with Crippen molar-refractivity contribution in [3.63, 3.8) is 0 Å². The van der Waals surface area contributed by atoms with Crippen molar-refractivity contribution in [1.82, 2.24) is 9.80 Å². The van der Waals surface area contributed by atoms with E-state index >= 15 is 0 Å². The number of amides is 1. The molecule has 0 N–H and O–H groups in total. The lowest BCUT2D eigenvalue weighted by molar-refractivity contribution is 0.0704. The van der Waals surface area contributed by atoms with Gasteiger partial charge in [0.2, 0.25) is 5.22 Å². The normalized spacial score (nSPS) is 24.2. The van der Waals surface area contributed by atoms with E-state index in [0.717, 1.165) is 52.2 Å². The maximum Gasteiger partial charge on any atom is 0.258 e. The Morgan fingerprint density at radius 3 is 2.90 bits per heavy atom. The van der Waals surface area contributed by atoms with Gasteiger partial charge in [0, 0.05) is 32.8 Å². The molecule has 1 aromatic rings. The summed E-state index contributed by atoms with van der Waals surface area (Å²) in [6.07, 6.45) is 5.13. The molecular weight excluding hydrogens is 292 g/mol. The second-order valence-corrected chi connectivity index (χ2v) is 6.03. The molecule has 0 aromatic carbocycles. The van der Waals surface area contributed by atoms with Crippen molar-refractivity contribution in [3.05, 3.63) is 23.1 Å². The molecule has 2 aliphatic rings. The van der Waals surface area contributed by atoms with Crippen LogP contribution in [0.4, 0.5) is 0 Å². The van der Waals surface area contributed by atoms with Gasteiger partial charge in [-0.2, -0.15) is 0 Å². The van der Waals surface area contributed by atoms with Gasteiger partial charge in [0.1, 0.15) is 0 Å². The number of carbonyl (C=O) groups is 1. The fraction of sp³-hybridized carbons (Fsp3) is 0.667. The van der Waals surface area contributed by atoms with E-state index in [1.807, 2.05) is 4.90 Å². The number of carbonyl (C=O) groups excluding carboxylic acids is 1. The van der Waals surface area contributed by atoms with E-state index in [9.17, 15) is 4.79 Å². The van der Waals surface area contributed by atoms with Crippen LogP contribution in [0.25, 0.3) is 0 Å². The molecule has 1 aromatic heterocycles. The van der Waals surface area contributed by atoms with Gasteiger partial charge in [-0.3, -0.25) is 9.69 Å². The average molecular weight is 313 g/mol. The Balaban J connectivity index is 1.55. The molecule has 2 fully saturated rings. The highest BCUT2D eigenvalue weighted by molar-refractivity contribution is 6.32. The van der Waals surface area contributed by atoms with E-state index in [4.69, 9.17) is 20.8 Å². The van der Waals surface area contributed by atoms with E-state index < -0.39 is 0 Å². The van der Waals surface area contributed by atoms with Crippen LogP contribution in [-0.4, -0.2) is 61.1 Å². The molecule has 0 radical (unpaired) electrons. The quantitative estimate of drug-likeness (QED) is 0.859. The summed E-state index contributed by atoms with van der Waals surface area (Å²) >= 11 is 5.90. The Labute approximate surface area is 129 Å². The molecule has 0 spiro atoms. The smallest absolute Gasteiger partial charge is 0.258 e. The van der Waals surface area contributed by atoms with Gasteiger partial charge in [-0.05, 0) is 43.5 Å². The zero-order valence-corrected chi connectivity index (χ0v) is 12.8. The SMILES string of the molecule is O=C(c1ccoc1Cl)N1CCCN(CC2CCCO2)CC1. The van der Waals surface area contributed by atoms with E-state index in [-0.39, 0.29) is 11.1 Å². The van der Waals surface area contributed by atoms with Crippen molar-refractivity contribution in [2.45, 2.75) is 25.4 Å². The van der Waals surface area contributed by atoms with Crippen LogP contribution in [0.3, 0.4) is 0 Å². The van der Waals surface area contributed by atoms with E-state index in [0.29, 0.717) is 11.7 Å². The summed E-state index contributed by atoms with van der Waals surface area (Å²) in [7, 11) is 0. The van der Waals surface area contributed by atoms with E-state index in [2.05, 4.69) is 4.90 Å². The van der Waals surface area contributed by atoms with Gasteiger partial charge in [0.05, 0.1) is 17.9 Å². The summed E-state index contributed by atoms with van der Waals surface area (Å²) in [5.74, 6) is -0.0345. The summed E-state index contributed by atoms with van der Waals surface area (Å²) in [5, 5.41) is 0.181. The van der Waals surface area contributed by atoms with Crippen LogP contribution in [-0.2, 0) is 4.74 Å². The van der Waals surface area contributed by atoms with Crippen LogP contribution in [0, 0.1) is 0 Å². The van der Waals surface area contributed by atoms with E-state index in [1.165, 1.54) is 12.7 Å². The summed E-state index contributed by atoms with van der Waals surface area (Å²) in [6, 6.07) is 1.64. The van der Waals surface area contributed by atoms with Gasteiger partial charge in [-0.15, -0.1) is 0 Å². The lowest BCUT2D eigenvalue weighted by Gasteiger charge is -2.23. The predicted octanol–water partition coefficient (Wildman–Crippen LogP) is 2.26. The van der Waals surface area contributed by atoms with Crippen LogP contribution < -0.4 is 0 Å². The third-order valence-electron chi connectivity index (χ3n) is 4.21. The Morgan fingerprint density at radius 1 is 1.29 bits per heavy atom. The molecule has 0 saturated carbocycles. The third kappa shape index (κ3) is 3.59. The molecule has 1 atom stereocenters. The maximum atomic E-state index is 12.4. The zero-order valence-electron chi connectivity index (χ0n) is 12.1. The molecule has 2 saturated heterocycles. The number of hydrogen-bond acceptors (Lipinski definition) is 4. The van der Waals surface area contributed by atoms with Crippen molar-refractivity contribution in [2.75, 3.05) is 39.3 Å². The molecule has 1 amide bonds. The van der Waals surface area contributed by atoms with Crippen LogP contribution in [0.1, 0.15) is 29.6 Å². The Morgan fingerprint density at radius 2 is 2.19 bits per heavy atom. The minimum absolute atomic E-state index is 0.0345. The molecule has 3 heterocycles. The van der Waals surface area contributed by atoms with Crippen molar-refractivity contribution in [1.29, 1.82) is 0 Å². The molecule has 0 aliphatic carbocycles. The molecule has 3 rings (SSSR count). The van der Waals surface area contributed by atoms with Crippen LogP contribution in [0.5, 0.6) is 0 Å². The lowest BCUT2D eigenvalue weighted by Crippen LogP contribution is -2.37. The topological polar surface area (TPSA) is 45.9 Å². The molecular formula is C15H21ClN2O3. The first-order valence-electron chi connectivity index (χ1n) is 7.60. The summed E-state index contributed by atoms with van der Waals surface area (Å²) in [4.78, 5) is 16.7. The number of furan rings is 1. The molecule has 2 aliphatic heterocycles. The molecule has 6 heteroatoms. The molecule has 0 bridgehead atoms. The number of rotatable bonds is 3. The first-order valence-corrected chi connectivity index (χ1v) is 7.98. The van der Waals surface area contributed by atoms with Crippen molar-refractivity contribution in [2.24, 2.45) is 0 Å². The van der Waals surface area contributed by atoms with Crippen LogP contribution in [0.2, 0.25) is 5.22 Å². The Bertz CT molecular complexity index is 485. The highest BCUT2D eigenvalue weighted by Gasteiger charge is 2.25. The fourth-order valence-electron chi connectivity index (χ4n) is 3.05. The van der Waals surface area contributed by atoms with Crippen LogP contribution >= 0.6 is 11.6 Å². The number of nitrogens with zero attached hydrogens (tertiary/aromatic N) is 2. The second-order valence-electron chi connectivity index (χ2n) is 5.69. The predicted molar refractivity (Wildman–Crippen MR) is 79.7 cm³/mol. The van der Waals surface area contributed by atoms with Gasteiger partial charge < -0.3 is 14.1 Å². The van der Waals surface area contributed by atoms with Gasteiger partial charge in [0.15, 0.2) is 0 Å². The molecule has 5 nitrogen and oxygen atoms in total. The first kappa shape index (κ1) is 14.9. The van der Waals surface area contributed by atoms with Gasteiger partial charge in [-0.25, -0.2) is 0 Å². The highest BCUT2D eigenvalue weighted by Crippen LogP contribution is 2.20. The lowest BCUT2D eigenvalue weighted by atomic mass is 10.2. The summed E-state index contributed by atoms with van der Waals surface area (Å²) in [6.45, 7) is 5.27. The minimum Gasteiger partial charge on any atom is -0.452 e.